The second-order valence-electron chi connectivity index (χ2n) is 6.75. The highest BCUT2D eigenvalue weighted by Gasteiger charge is 2.39. The van der Waals surface area contributed by atoms with Crippen LogP contribution in [0.15, 0.2) is 0 Å². The number of nitrogens with one attached hydrogen (secondary N) is 2. The van der Waals surface area contributed by atoms with E-state index in [-0.39, 0.29) is 29.9 Å². The molecule has 1 atom stereocenters. The lowest BCUT2D eigenvalue weighted by Gasteiger charge is -2.48. The van der Waals surface area contributed by atoms with Crippen LogP contribution in [-0.2, 0) is 9.53 Å². The van der Waals surface area contributed by atoms with Gasteiger partial charge in [0.15, 0.2) is 0 Å². The van der Waals surface area contributed by atoms with E-state index in [9.17, 15) is 4.79 Å². The summed E-state index contributed by atoms with van der Waals surface area (Å²) in [5, 5.41) is 6.54. The number of rotatable bonds is 4. The van der Waals surface area contributed by atoms with E-state index >= 15 is 0 Å². The van der Waals surface area contributed by atoms with Gasteiger partial charge in [-0.15, -0.1) is 12.4 Å². The molecule has 0 bridgehead atoms. The Morgan fingerprint density at radius 3 is 2.55 bits per heavy atom. The highest BCUT2D eigenvalue weighted by Crippen LogP contribution is 2.33. The van der Waals surface area contributed by atoms with E-state index in [1.165, 1.54) is 32.1 Å². The molecule has 0 aromatic heterocycles. The first-order valence-electron chi connectivity index (χ1n) is 8.64. The molecular formula is C16H30ClN3O2. The number of nitrogens with zero attached hydrogens (tertiary/aromatic N) is 1. The Kier molecular flexibility index (Phi) is 6.93. The van der Waals surface area contributed by atoms with Crippen molar-refractivity contribution >= 4 is 18.3 Å². The highest BCUT2D eigenvalue weighted by atomic mass is 35.5. The van der Waals surface area contributed by atoms with Crippen molar-refractivity contribution in [3.05, 3.63) is 0 Å². The second-order valence-corrected chi connectivity index (χ2v) is 6.75. The van der Waals surface area contributed by atoms with Gasteiger partial charge in [0, 0.05) is 25.2 Å². The molecule has 0 spiro atoms. The van der Waals surface area contributed by atoms with Gasteiger partial charge < -0.3 is 15.4 Å². The van der Waals surface area contributed by atoms with E-state index < -0.39 is 0 Å². The van der Waals surface area contributed by atoms with Crippen molar-refractivity contribution in [2.75, 3.05) is 39.4 Å². The number of halogens is 1. The molecule has 2 saturated heterocycles. The minimum atomic E-state index is 0. The van der Waals surface area contributed by atoms with E-state index in [0.717, 1.165) is 52.2 Å². The average molecular weight is 332 g/mol. The Morgan fingerprint density at radius 2 is 1.91 bits per heavy atom. The van der Waals surface area contributed by atoms with Gasteiger partial charge >= 0.3 is 0 Å². The van der Waals surface area contributed by atoms with Crippen molar-refractivity contribution in [3.8, 4) is 0 Å². The molecule has 2 aliphatic heterocycles. The van der Waals surface area contributed by atoms with Crippen LogP contribution in [0.25, 0.3) is 0 Å². The molecule has 1 saturated carbocycles. The number of morpholine rings is 1. The van der Waals surface area contributed by atoms with Crippen LogP contribution in [0.3, 0.4) is 0 Å². The van der Waals surface area contributed by atoms with Crippen LogP contribution in [0.2, 0.25) is 0 Å². The van der Waals surface area contributed by atoms with Gasteiger partial charge in [0.05, 0.1) is 19.3 Å². The van der Waals surface area contributed by atoms with Crippen molar-refractivity contribution < 1.29 is 9.53 Å². The van der Waals surface area contributed by atoms with Gasteiger partial charge in [0.2, 0.25) is 5.91 Å². The molecule has 128 valence electrons. The summed E-state index contributed by atoms with van der Waals surface area (Å²) < 4.78 is 5.50. The minimum Gasteiger partial charge on any atom is -0.379 e. The predicted octanol–water partition coefficient (Wildman–Crippen LogP) is 1.31. The molecular weight excluding hydrogens is 302 g/mol. The number of ether oxygens (including phenoxy) is 1. The zero-order valence-electron chi connectivity index (χ0n) is 13.4. The van der Waals surface area contributed by atoms with Gasteiger partial charge in [-0.25, -0.2) is 0 Å². The van der Waals surface area contributed by atoms with Crippen molar-refractivity contribution in [2.24, 2.45) is 0 Å². The SMILES string of the molecule is Cl.O=C(NCC1(N2CCOCC2)CCCCC1)C1CCCN1. The van der Waals surface area contributed by atoms with Crippen molar-refractivity contribution in [1.29, 1.82) is 0 Å². The molecule has 3 rings (SSSR count). The summed E-state index contributed by atoms with van der Waals surface area (Å²) in [7, 11) is 0. The van der Waals surface area contributed by atoms with E-state index in [0.29, 0.717) is 0 Å². The first-order valence-corrected chi connectivity index (χ1v) is 8.64. The normalized spacial score (nSPS) is 28.8. The monoisotopic (exact) mass is 331 g/mol. The highest BCUT2D eigenvalue weighted by molar-refractivity contribution is 5.85. The first kappa shape index (κ1) is 18.0. The van der Waals surface area contributed by atoms with Gasteiger partial charge in [-0.05, 0) is 32.2 Å². The molecule has 3 aliphatic rings. The standard InChI is InChI=1S/C16H29N3O2.ClH/c20-15(14-5-4-8-17-14)18-13-16(6-2-1-3-7-16)19-9-11-21-12-10-19;/h14,17H,1-13H2,(H,18,20);1H. The first-order chi connectivity index (χ1) is 10.3. The van der Waals surface area contributed by atoms with E-state index in [1.54, 1.807) is 0 Å². The molecule has 2 N–H and O–H groups in total. The van der Waals surface area contributed by atoms with Gasteiger partial charge in [0.25, 0.3) is 0 Å². The van der Waals surface area contributed by atoms with Crippen LogP contribution in [0.5, 0.6) is 0 Å². The molecule has 0 radical (unpaired) electrons. The van der Waals surface area contributed by atoms with Crippen LogP contribution in [0.1, 0.15) is 44.9 Å². The Bertz CT molecular complexity index is 349. The fourth-order valence-electron chi connectivity index (χ4n) is 4.14. The topological polar surface area (TPSA) is 53.6 Å². The van der Waals surface area contributed by atoms with Crippen molar-refractivity contribution in [2.45, 2.75) is 56.5 Å². The fourth-order valence-corrected chi connectivity index (χ4v) is 4.14. The lowest BCUT2D eigenvalue weighted by molar-refractivity contribution is -0.124. The van der Waals surface area contributed by atoms with Crippen LogP contribution in [0, 0.1) is 0 Å². The third-order valence-electron chi connectivity index (χ3n) is 5.43. The summed E-state index contributed by atoms with van der Waals surface area (Å²) in [6, 6.07) is 0.0373. The molecule has 22 heavy (non-hydrogen) atoms. The third-order valence-corrected chi connectivity index (χ3v) is 5.43. The summed E-state index contributed by atoms with van der Waals surface area (Å²) in [5.41, 5.74) is 0.177. The van der Waals surface area contributed by atoms with Crippen LogP contribution < -0.4 is 10.6 Å². The Morgan fingerprint density at radius 1 is 1.18 bits per heavy atom. The number of carbonyl (C=O) groups excluding carboxylic acids is 1. The molecule has 0 aromatic carbocycles. The fraction of sp³-hybridized carbons (Fsp3) is 0.938. The van der Waals surface area contributed by atoms with E-state index in [2.05, 4.69) is 15.5 Å². The van der Waals surface area contributed by atoms with Gasteiger partial charge in [-0.1, -0.05) is 19.3 Å². The number of carbonyl (C=O) groups is 1. The number of hydrogen-bond acceptors (Lipinski definition) is 4. The third kappa shape index (κ3) is 4.13. The largest absolute Gasteiger partial charge is 0.379 e. The molecule has 6 heteroatoms. The Balaban J connectivity index is 0.00000176. The van der Waals surface area contributed by atoms with Crippen LogP contribution in [0.4, 0.5) is 0 Å². The molecule has 2 heterocycles. The quantitative estimate of drug-likeness (QED) is 0.815. The maximum atomic E-state index is 12.3. The summed E-state index contributed by atoms with van der Waals surface area (Å²) in [6.07, 6.45) is 8.44. The second kappa shape index (κ2) is 8.48. The lowest BCUT2D eigenvalue weighted by atomic mass is 9.79. The van der Waals surface area contributed by atoms with Gasteiger partial charge in [0.1, 0.15) is 0 Å². The molecule has 1 unspecified atom stereocenters. The van der Waals surface area contributed by atoms with Crippen molar-refractivity contribution in [1.82, 2.24) is 15.5 Å². The van der Waals surface area contributed by atoms with E-state index in [1.807, 2.05) is 0 Å². The predicted molar refractivity (Wildman–Crippen MR) is 89.5 cm³/mol. The Hall–Kier alpha value is -0.360. The number of hydrogen-bond donors (Lipinski definition) is 2. The molecule has 3 fully saturated rings. The molecule has 5 nitrogen and oxygen atoms in total. The Labute approximate surface area is 139 Å². The lowest BCUT2D eigenvalue weighted by Crippen LogP contribution is -2.60. The summed E-state index contributed by atoms with van der Waals surface area (Å²) in [6.45, 7) is 5.48. The molecule has 0 aromatic rings. The molecule has 1 amide bonds. The maximum Gasteiger partial charge on any atom is 0.237 e. The van der Waals surface area contributed by atoms with Gasteiger partial charge in [-0.2, -0.15) is 0 Å². The minimum absolute atomic E-state index is 0. The zero-order chi connectivity index (χ0) is 14.5. The summed E-state index contributed by atoms with van der Waals surface area (Å²) >= 11 is 0. The smallest absolute Gasteiger partial charge is 0.237 e. The average Bonchev–Trinajstić information content (AvgIpc) is 3.09. The summed E-state index contributed by atoms with van der Waals surface area (Å²) in [4.78, 5) is 14.9. The number of amides is 1. The maximum absolute atomic E-state index is 12.3. The zero-order valence-corrected chi connectivity index (χ0v) is 14.3. The van der Waals surface area contributed by atoms with Gasteiger partial charge in [-0.3, -0.25) is 9.69 Å². The van der Waals surface area contributed by atoms with Crippen molar-refractivity contribution in [3.63, 3.8) is 0 Å². The summed E-state index contributed by atoms with van der Waals surface area (Å²) in [5.74, 6) is 0.200. The molecule has 1 aliphatic carbocycles. The van der Waals surface area contributed by atoms with Crippen LogP contribution >= 0.6 is 12.4 Å². The van der Waals surface area contributed by atoms with Crippen LogP contribution in [-0.4, -0.2) is 61.8 Å². The van der Waals surface area contributed by atoms with E-state index in [4.69, 9.17) is 4.74 Å².